The van der Waals surface area contributed by atoms with E-state index in [-0.39, 0.29) is 12.1 Å². The number of hydrogen-bond donors (Lipinski definition) is 1. The second-order valence-electron chi connectivity index (χ2n) is 3.46. The molecule has 0 saturated heterocycles. The normalized spacial score (nSPS) is 18.5. The van der Waals surface area contributed by atoms with Gasteiger partial charge >= 0.3 is 11.9 Å². The highest BCUT2D eigenvalue weighted by Gasteiger charge is 2.29. The molecular formula is C12H10O4. The number of carbonyl (C=O) groups excluding carboxylic acids is 1. The summed E-state index contributed by atoms with van der Waals surface area (Å²) in [5.41, 5.74) is 1.39. The zero-order valence-corrected chi connectivity index (χ0v) is 8.42. The SMILES string of the molecule is O=C(O)C=CCC1OC(=O)c2ccccc21. The minimum atomic E-state index is -1.00. The van der Waals surface area contributed by atoms with E-state index in [1.807, 2.05) is 12.1 Å². The highest BCUT2D eigenvalue weighted by molar-refractivity contribution is 5.94. The van der Waals surface area contributed by atoms with Crippen LogP contribution in [0.25, 0.3) is 0 Å². The molecule has 0 amide bonds. The lowest BCUT2D eigenvalue weighted by atomic mass is 10.0. The maximum atomic E-state index is 11.4. The number of aliphatic carboxylic acids is 1. The Hall–Kier alpha value is -2.10. The lowest BCUT2D eigenvalue weighted by molar-refractivity contribution is -0.131. The average molecular weight is 218 g/mol. The number of ether oxygens (including phenoxy) is 1. The summed E-state index contributed by atoms with van der Waals surface area (Å²) in [4.78, 5) is 21.7. The number of carbonyl (C=O) groups is 2. The molecule has 0 radical (unpaired) electrons. The van der Waals surface area contributed by atoms with Crippen molar-refractivity contribution in [2.24, 2.45) is 0 Å². The topological polar surface area (TPSA) is 63.6 Å². The molecule has 4 nitrogen and oxygen atoms in total. The molecule has 1 atom stereocenters. The van der Waals surface area contributed by atoms with Crippen LogP contribution >= 0.6 is 0 Å². The predicted molar refractivity (Wildman–Crippen MR) is 56.0 cm³/mol. The minimum Gasteiger partial charge on any atom is -0.478 e. The first kappa shape index (κ1) is 10.4. The summed E-state index contributed by atoms with van der Waals surface area (Å²) in [5.74, 6) is -1.35. The van der Waals surface area contributed by atoms with E-state index in [9.17, 15) is 9.59 Å². The van der Waals surface area contributed by atoms with E-state index >= 15 is 0 Å². The summed E-state index contributed by atoms with van der Waals surface area (Å²) in [5, 5.41) is 8.44. The van der Waals surface area contributed by atoms with Gasteiger partial charge in [-0.2, -0.15) is 0 Å². The van der Waals surface area contributed by atoms with Crippen LogP contribution in [0.5, 0.6) is 0 Å². The average Bonchev–Trinajstić information content (AvgIpc) is 2.57. The smallest absolute Gasteiger partial charge is 0.339 e. The molecule has 82 valence electrons. The Bertz CT molecular complexity index is 462. The molecule has 1 aliphatic rings. The number of rotatable bonds is 3. The lowest BCUT2D eigenvalue weighted by Gasteiger charge is -2.06. The third-order valence-electron chi connectivity index (χ3n) is 2.39. The number of benzene rings is 1. The second kappa shape index (κ2) is 4.18. The molecule has 1 aliphatic heterocycles. The summed E-state index contributed by atoms with van der Waals surface area (Å²) in [6, 6.07) is 7.13. The van der Waals surface area contributed by atoms with Crippen molar-refractivity contribution < 1.29 is 19.4 Å². The molecule has 0 bridgehead atoms. The van der Waals surface area contributed by atoms with E-state index in [0.29, 0.717) is 12.0 Å². The minimum absolute atomic E-state index is 0.343. The van der Waals surface area contributed by atoms with Crippen molar-refractivity contribution in [2.45, 2.75) is 12.5 Å². The summed E-state index contributed by atoms with van der Waals surface area (Å²) >= 11 is 0. The number of esters is 1. The van der Waals surface area contributed by atoms with Crippen molar-refractivity contribution in [1.29, 1.82) is 0 Å². The van der Waals surface area contributed by atoms with Crippen LogP contribution in [0, 0.1) is 0 Å². The molecular weight excluding hydrogens is 208 g/mol. The van der Waals surface area contributed by atoms with Gasteiger partial charge in [-0.05, 0) is 6.07 Å². The van der Waals surface area contributed by atoms with E-state index in [1.165, 1.54) is 6.08 Å². The van der Waals surface area contributed by atoms with Crippen molar-refractivity contribution in [3.8, 4) is 0 Å². The molecule has 1 aromatic rings. The highest BCUT2D eigenvalue weighted by Crippen LogP contribution is 2.32. The Morgan fingerprint density at radius 2 is 2.19 bits per heavy atom. The number of cyclic esters (lactones) is 1. The second-order valence-corrected chi connectivity index (χ2v) is 3.46. The van der Waals surface area contributed by atoms with Crippen molar-refractivity contribution in [3.05, 3.63) is 47.5 Å². The number of hydrogen-bond acceptors (Lipinski definition) is 3. The van der Waals surface area contributed by atoms with Gasteiger partial charge in [0, 0.05) is 18.1 Å². The van der Waals surface area contributed by atoms with E-state index in [4.69, 9.17) is 9.84 Å². The van der Waals surface area contributed by atoms with Crippen LogP contribution in [0.1, 0.15) is 28.4 Å². The molecule has 0 aromatic heterocycles. The molecule has 1 unspecified atom stereocenters. The third-order valence-corrected chi connectivity index (χ3v) is 2.39. The maximum Gasteiger partial charge on any atom is 0.339 e. The van der Waals surface area contributed by atoms with Crippen LogP contribution < -0.4 is 0 Å². The molecule has 0 saturated carbocycles. The lowest BCUT2D eigenvalue weighted by Crippen LogP contribution is -1.97. The molecule has 1 heterocycles. The first-order valence-electron chi connectivity index (χ1n) is 4.88. The first-order valence-corrected chi connectivity index (χ1v) is 4.88. The molecule has 2 rings (SSSR count). The molecule has 0 aliphatic carbocycles. The highest BCUT2D eigenvalue weighted by atomic mass is 16.5. The Kier molecular flexibility index (Phi) is 2.72. The van der Waals surface area contributed by atoms with Crippen LogP contribution in [0.15, 0.2) is 36.4 Å². The maximum absolute atomic E-state index is 11.4. The summed E-state index contributed by atoms with van der Waals surface area (Å²) in [7, 11) is 0. The Balaban J connectivity index is 2.15. The van der Waals surface area contributed by atoms with Crippen molar-refractivity contribution in [2.75, 3.05) is 0 Å². The fraction of sp³-hybridized carbons (Fsp3) is 0.167. The number of carboxylic acid groups (broad SMARTS) is 1. The fourth-order valence-corrected chi connectivity index (χ4v) is 1.69. The van der Waals surface area contributed by atoms with Gasteiger partial charge in [0.25, 0.3) is 0 Å². The molecule has 0 fully saturated rings. The summed E-state index contributed by atoms with van der Waals surface area (Å²) < 4.78 is 5.13. The standard InChI is InChI=1S/C12H10O4/c13-11(14)7-3-6-10-8-4-1-2-5-9(8)12(15)16-10/h1-5,7,10H,6H2,(H,13,14). The quantitative estimate of drug-likeness (QED) is 0.622. The van der Waals surface area contributed by atoms with E-state index in [1.54, 1.807) is 12.1 Å². The number of carboxylic acids is 1. The van der Waals surface area contributed by atoms with E-state index in [2.05, 4.69) is 0 Å². The molecule has 0 spiro atoms. The Morgan fingerprint density at radius 3 is 2.94 bits per heavy atom. The number of fused-ring (bicyclic) bond motifs is 1. The van der Waals surface area contributed by atoms with Gasteiger partial charge in [-0.15, -0.1) is 0 Å². The van der Waals surface area contributed by atoms with E-state index < -0.39 is 5.97 Å². The fourth-order valence-electron chi connectivity index (χ4n) is 1.69. The van der Waals surface area contributed by atoms with Gasteiger partial charge in [0.15, 0.2) is 0 Å². The van der Waals surface area contributed by atoms with Gasteiger partial charge in [-0.25, -0.2) is 9.59 Å². The summed E-state index contributed by atoms with van der Waals surface area (Å²) in [6.45, 7) is 0. The van der Waals surface area contributed by atoms with Crippen molar-refractivity contribution in [3.63, 3.8) is 0 Å². The largest absolute Gasteiger partial charge is 0.478 e. The van der Waals surface area contributed by atoms with Crippen LogP contribution in [0.3, 0.4) is 0 Å². The van der Waals surface area contributed by atoms with Gasteiger partial charge in [0.2, 0.25) is 0 Å². The first-order chi connectivity index (χ1) is 7.68. The monoisotopic (exact) mass is 218 g/mol. The Morgan fingerprint density at radius 1 is 1.44 bits per heavy atom. The molecule has 16 heavy (non-hydrogen) atoms. The third kappa shape index (κ3) is 1.95. The van der Waals surface area contributed by atoms with Crippen LogP contribution in [-0.2, 0) is 9.53 Å². The van der Waals surface area contributed by atoms with Crippen molar-refractivity contribution in [1.82, 2.24) is 0 Å². The zero-order valence-electron chi connectivity index (χ0n) is 8.42. The van der Waals surface area contributed by atoms with Crippen LogP contribution in [0.4, 0.5) is 0 Å². The van der Waals surface area contributed by atoms with Gasteiger partial charge in [0.05, 0.1) is 5.56 Å². The van der Waals surface area contributed by atoms with Gasteiger partial charge in [0.1, 0.15) is 6.10 Å². The zero-order chi connectivity index (χ0) is 11.5. The van der Waals surface area contributed by atoms with Gasteiger partial charge < -0.3 is 9.84 Å². The van der Waals surface area contributed by atoms with Crippen molar-refractivity contribution >= 4 is 11.9 Å². The molecule has 1 N–H and O–H groups in total. The van der Waals surface area contributed by atoms with Gasteiger partial charge in [-0.3, -0.25) is 0 Å². The van der Waals surface area contributed by atoms with E-state index in [0.717, 1.165) is 11.6 Å². The van der Waals surface area contributed by atoms with Crippen LogP contribution in [-0.4, -0.2) is 17.0 Å². The van der Waals surface area contributed by atoms with Crippen LogP contribution in [0.2, 0.25) is 0 Å². The molecule has 4 heteroatoms. The Labute approximate surface area is 92.2 Å². The van der Waals surface area contributed by atoms with Gasteiger partial charge in [-0.1, -0.05) is 24.3 Å². The predicted octanol–water partition coefficient (Wildman–Crippen LogP) is 1.93. The summed E-state index contributed by atoms with van der Waals surface area (Å²) in [6.07, 6.45) is 2.56. The molecule has 1 aromatic carbocycles.